The summed E-state index contributed by atoms with van der Waals surface area (Å²) in [4.78, 5) is 4.46. The van der Waals surface area contributed by atoms with E-state index in [-0.39, 0.29) is 11.8 Å². The summed E-state index contributed by atoms with van der Waals surface area (Å²) < 4.78 is 25.6. The molecule has 0 aliphatic carbocycles. The van der Waals surface area contributed by atoms with E-state index in [9.17, 15) is 8.42 Å². The van der Waals surface area contributed by atoms with Crippen molar-refractivity contribution in [2.24, 2.45) is 0 Å². The molecule has 1 rings (SSSR count). The Hall–Kier alpha value is -0.500. The van der Waals surface area contributed by atoms with E-state index in [1.807, 2.05) is 19.2 Å². The van der Waals surface area contributed by atoms with Crippen LogP contribution in [-0.4, -0.2) is 31.7 Å². The van der Waals surface area contributed by atoms with Crippen LogP contribution in [0.5, 0.6) is 0 Å². The molecule has 2 N–H and O–H groups in total. The van der Waals surface area contributed by atoms with Gasteiger partial charge in [0.15, 0.2) is 0 Å². The van der Waals surface area contributed by atoms with E-state index < -0.39 is 10.0 Å². The summed E-state index contributed by atoms with van der Waals surface area (Å²) >= 11 is 1.66. The summed E-state index contributed by atoms with van der Waals surface area (Å²) in [6.07, 6.45) is 1.59. The third-order valence-electron chi connectivity index (χ3n) is 2.62. The van der Waals surface area contributed by atoms with Gasteiger partial charge in [-0.2, -0.15) is 0 Å². The van der Waals surface area contributed by atoms with Gasteiger partial charge < -0.3 is 5.32 Å². The minimum absolute atomic E-state index is 0.0819. The molecule has 0 aliphatic rings. The minimum atomic E-state index is -3.11. The molecule has 1 atom stereocenters. The minimum Gasteiger partial charge on any atom is -0.307 e. The molecule has 5 nitrogen and oxygen atoms in total. The van der Waals surface area contributed by atoms with Crippen molar-refractivity contribution in [1.82, 2.24) is 15.0 Å². The Morgan fingerprint density at radius 1 is 1.42 bits per heavy atom. The molecule has 0 amide bonds. The second-order valence-electron chi connectivity index (χ2n) is 4.54. The maximum atomic E-state index is 11.5. The van der Waals surface area contributed by atoms with Crippen LogP contribution < -0.4 is 10.0 Å². The van der Waals surface area contributed by atoms with E-state index in [1.54, 1.807) is 11.3 Å². The van der Waals surface area contributed by atoms with Crippen molar-refractivity contribution in [3.8, 4) is 0 Å². The molecule has 0 radical (unpaired) electrons. The largest absolute Gasteiger partial charge is 0.307 e. The van der Waals surface area contributed by atoms with Crippen LogP contribution in [0.4, 0.5) is 0 Å². The van der Waals surface area contributed by atoms with Gasteiger partial charge in [0, 0.05) is 24.5 Å². The number of rotatable bonds is 9. The summed E-state index contributed by atoms with van der Waals surface area (Å²) in [5.41, 5.74) is 1.02. The van der Waals surface area contributed by atoms with Crippen molar-refractivity contribution in [3.63, 3.8) is 0 Å². The van der Waals surface area contributed by atoms with Crippen LogP contribution in [0.15, 0.2) is 5.38 Å². The molecule has 1 aromatic heterocycles. The number of thiazole rings is 1. The second-order valence-corrected chi connectivity index (χ2v) is 7.40. The molecule has 1 aromatic rings. The smallest absolute Gasteiger partial charge is 0.211 e. The number of sulfonamides is 1. The average Bonchev–Trinajstić information content (AvgIpc) is 2.82. The van der Waals surface area contributed by atoms with E-state index in [0.717, 1.165) is 17.1 Å². The van der Waals surface area contributed by atoms with Gasteiger partial charge >= 0.3 is 0 Å². The fourth-order valence-electron chi connectivity index (χ4n) is 1.54. The Bertz CT molecular complexity index is 471. The Kier molecular flexibility index (Phi) is 6.92. The van der Waals surface area contributed by atoms with Gasteiger partial charge in [-0.1, -0.05) is 13.8 Å². The predicted molar refractivity (Wildman–Crippen MR) is 79.9 cm³/mol. The summed E-state index contributed by atoms with van der Waals surface area (Å²) in [5.74, 6) is 0.186. The van der Waals surface area contributed by atoms with Gasteiger partial charge in [0.05, 0.1) is 16.5 Å². The summed E-state index contributed by atoms with van der Waals surface area (Å²) in [7, 11) is -3.11. The molecule has 19 heavy (non-hydrogen) atoms. The fourth-order valence-corrected chi connectivity index (χ4v) is 3.47. The zero-order valence-electron chi connectivity index (χ0n) is 11.8. The molecule has 1 heterocycles. The quantitative estimate of drug-likeness (QED) is 0.725. The van der Waals surface area contributed by atoms with Crippen LogP contribution in [0.2, 0.25) is 0 Å². The van der Waals surface area contributed by atoms with Gasteiger partial charge in [-0.25, -0.2) is 18.1 Å². The molecule has 0 aliphatic heterocycles. The Balaban J connectivity index is 2.30. The van der Waals surface area contributed by atoms with Crippen LogP contribution in [0.25, 0.3) is 0 Å². The van der Waals surface area contributed by atoms with E-state index in [0.29, 0.717) is 19.5 Å². The zero-order chi connectivity index (χ0) is 14.3. The number of hydrogen-bond donors (Lipinski definition) is 2. The second kappa shape index (κ2) is 7.94. The van der Waals surface area contributed by atoms with E-state index in [1.165, 1.54) is 0 Å². The lowest BCUT2D eigenvalue weighted by Crippen LogP contribution is -2.39. The van der Waals surface area contributed by atoms with Gasteiger partial charge in [-0.15, -0.1) is 11.3 Å². The van der Waals surface area contributed by atoms with Crippen molar-refractivity contribution in [3.05, 3.63) is 16.1 Å². The molecule has 7 heteroatoms. The zero-order valence-corrected chi connectivity index (χ0v) is 13.4. The third kappa shape index (κ3) is 6.47. The van der Waals surface area contributed by atoms with Gasteiger partial charge in [-0.3, -0.25) is 0 Å². The Labute approximate surface area is 119 Å². The van der Waals surface area contributed by atoms with Crippen molar-refractivity contribution >= 4 is 21.4 Å². The van der Waals surface area contributed by atoms with Crippen molar-refractivity contribution in [2.75, 3.05) is 12.3 Å². The fraction of sp³-hybridized carbons (Fsp3) is 0.750. The van der Waals surface area contributed by atoms with Crippen molar-refractivity contribution < 1.29 is 8.42 Å². The number of hydrogen-bond acceptors (Lipinski definition) is 5. The summed E-state index contributed by atoms with van der Waals surface area (Å²) in [6, 6.07) is 0.0819. The maximum Gasteiger partial charge on any atom is 0.211 e. The van der Waals surface area contributed by atoms with E-state index >= 15 is 0 Å². The third-order valence-corrected chi connectivity index (χ3v) is 5.21. The number of nitrogens with one attached hydrogen (secondary N) is 2. The van der Waals surface area contributed by atoms with Gasteiger partial charge in [0.1, 0.15) is 0 Å². The lowest BCUT2D eigenvalue weighted by atomic mass is 10.3. The van der Waals surface area contributed by atoms with Crippen molar-refractivity contribution in [1.29, 1.82) is 0 Å². The molecule has 0 spiro atoms. The number of aryl methyl sites for hydroxylation is 1. The van der Waals surface area contributed by atoms with Crippen LogP contribution in [0, 0.1) is 0 Å². The SMILES string of the molecule is CCCS(=O)(=O)NCC(C)NCc1csc(CC)n1. The monoisotopic (exact) mass is 305 g/mol. The highest BCUT2D eigenvalue weighted by Gasteiger charge is 2.10. The molecule has 110 valence electrons. The van der Waals surface area contributed by atoms with Crippen molar-refractivity contribution in [2.45, 2.75) is 46.2 Å². The first kappa shape index (κ1) is 16.6. The summed E-state index contributed by atoms with van der Waals surface area (Å²) in [6.45, 7) is 6.98. The van der Waals surface area contributed by atoms with Crippen LogP contribution in [0.3, 0.4) is 0 Å². The highest BCUT2D eigenvalue weighted by atomic mass is 32.2. The first-order chi connectivity index (χ1) is 8.96. The molecule has 0 saturated carbocycles. The van der Waals surface area contributed by atoms with Gasteiger partial charge in [-0.05, 0) is 19.8 Å². The summed E-state index contributed by atoms with van der Waals surface area (Å²) in [5, 5.41) is 6.44. The highest BCUT2D eigenvalue weighted by Crippen LogP contribution is 2.09. The average molecular weight is 305 g/mol. The lowest BCUT2D eigenvalue weighted by Gasteiger charge is -2.13. The van der Waals surface area contributed by atoms with Gasteiger partial charge in [0.2, 0.25) is 10.0 Å². The first-order valence-corrected chi connectivity index (χ1v) is 9.14. The number of nitrogens with zero attached hydrogens (tertiary/aromatic N) is 1. The lowest BCUT2D eigenvalue weighted by molar-refractivity contribution is 0.521. The van der Waals surface area contributed by atoms with Crippen LogP contribution >= 0.6 is 11.3 Å². The Morgan fingerprint density at radius 2 is 2.16 bits per heavy atom. The highest BCUT2D eigenvalue weighted by molar-refractivity contribution is 7.89. The van der Waals surface area contributed by atoms with Crippen LogP contribution in [-0.2, 0) is 23.0 Å². The molecule has 0 bridgehead atoms. The molecule has 1 unspecified atom stereocenters. The first-order valence-electron chi connectivity index (χ1n) is 6.60. The maximum absolute atomic E-state index is 11.5. The van der Waals surface area contributed by atoms with E-state index in [4.69, 9.17) is 0 Å². The molecular formula is C12H23N3O2S2. The Morgan fingerprint density at radius 3 is 2.74 bits per heavy atom. The van der Waals surface area contributed by atoms with Gasteiger partial charge in [0.25, 0.3) is 0 Å². The van der Waals surface area contributed by atoms with Crippen LogP contribution in [0.1, 0.15) is 37.9 Å². The normalized spacial score (nSPS) is 13.6. The molecule has 0 fully saturated rings. The molecule has 0 aromatic carbocycles. The predicted octanol–water partition coefficient (Wildman–Crippen LogP) is 1.51. The number of aromatic nitrogens is 1. The standard InChI is InChI=1S/C12H23N3O2S2/c1-4-6-19(16,17)14-7-10(3)13-8-11-9-18-12(5-2)15-11/h9-10,13-14H,4-8H2,1-3H3. The molecule has 0 saturated heterocycles. The van der Waals surface area contributed by atoms with E-state index in [2.05, 4.69) is 21.9 Å². The molecular weight excluding hydrogens is 282 g/mol. The topological polar surface area (TPSA) is 71.1 Å².